The van der Waals surface area contributed by atoms with Gasteiger partial charge in [0.15, 0.2) is 0 Å². The lowest BCUT2D eigenvalue weighted by Crippen LogP contribution is -2.38. The van der Waals surface area contributed by atoms with Crippen molar-refractivity contribution in [1.82, 2.24) is 10.3 Å². The molecule has 1 saturated carbocycles. The van der Waals surface area contributed by atoms with Gasteiger partial charge in [-0.15, -0.1) is 0 Å². The Labute approximate surface area is 145 Å². The van der Waals surface area contributed by atoms with Gasteiger partial charge < -0.3 is 10.1 Å². The monoisotopic (exact) mass is 350 g/mol. The van der Waals surface area contributed by atoms with Crippen molar-refractivity contribution in [3.8, 4) is 5.75 Å². The van der Waals surface area contributed by atoms with Crippen LogP contribution in [0.3, 0.4) is 0 Å². The number of aromatic nitrogens is 1. The number of hydrogen-bond donors (Lipinski definition) is 1. The molecule has 2 aromatic rings. The fourth-order valence-corrected chi connectivity index (χ4v) is 3.11. The van der Waals surface area contributed by atoms with Gasteiger partial charge in [0.1, 0.15) is 17.5 Å². The molecule has 134 valence electrons. The molecule has 6 heteroatoms. The average Bonchev–Trinajstić information content (AvgIpc) is 2.61. The molecule has 1 N–H and O–H groups in total. The molecule has 2 unspecified atom stereocenters. The number of benzene rings is 1. The largest absolute Gasteiger partial charge is 0.490 e. The van der Waals surface area contributed by atoms with Crippen LogP contribution in [-0.4, -0.2) is 17.1 Å². The zero-order chi connectivity index (χ0) is 17.7. The number of rotatable bonds is 5. The third-order valence-electron chi connectivity index (χ3n) is 4.34. The highest BCUT2D eigenvalue weighted by Crippen LogP contribution is 2.27. The summed E-state index contributed by atoms with van der Waals surface area (Å²) in [7, 11) is 0. The molecule has 1 aromatic carbocycles. The van der Waals surface area contributed by atoms with E-state index in [2.05, 4.69) is 10.3 Å². The lowest BCUT2D eigenvalue weighted by Gasteiger charge is -2.30. The van der Waals surface area contributed by atoms with Crippen LogP contribution in [0, 0.1) is 0 Å². The molecule has 25 heavy (non-hydrogen) atoms. The molecule has 1 aliphatic rings. The van der Waals surface area contributed by atoms with Crippen molar-refractivity contribution in [3.05, 3.63) is 59.9 Å². The third kappa shape index (κ3) is 5.19. The first-order chi connectivity index (χ1) is 12.0. The Morgan fingerprint density at radius 1 is 1.04 bits per heavy atom. The van der Waals surface area contributed by atoms with Crippen LogP contribution in [0.1, 0.15) is 37.1 Å². The summed E-state index contributed by atoms with van der Waals surface area (Å²) in [4.78, 5) is 3.70. The van der Waals surface area contributed by atoms with E-state index in [0.717, 1.165) is 37.5 Å². The fourth-order valence-electron chi connectivity index (χ4n) is 3.11. The van der Waals surface area contributed by atoms with Crippen LogP contribution in [0.5, 0.6) is 5.75 Å². The summed E-state index contributed by atoms with van der Waals surface area (Å²) in [6, 6.07) is 13.9. The number of nitrogens with zero attached hydrogens (tertiary/aromatic N) is 1. The predicted molar refractivity (Wildman–Crippen MR) is 89.2 cm³/mol. The lowest BCUT2D eigenvalue weighted by molar-refractivity contribution is -0.141. The van der Waals surface area contributed by atoms with Gasteiger partial charge in [-0.25, -0.2) is 4.98 Å². The first kappa shape index (κ1) is 17.7. The zero-order valence-corrected chi connectivity index (χ0v) is 13.8. The van der Waals surface area contributed by atoms with Crippen LogP contribution < -0.4 is 10.1 Å². The maximum Gasteiger partial charge on any atom is 0.433 e. The van der Waals surface area contributed by atoms with Gasteiger partial charge in [0, 0.05) is 12.6 Å². The molecular formula is C19H21F3N2O. The average molecular weight is 350 g/mol. The second-order valence-electron chi connectivity index (χ2n) is 6.31. The van der Waals surface area contributed by atoms with Gasteiger partial charge in [-0.1, -0.05) is 24.3 Å². The number of alkyl halides is 3. The highest BCUT2D eigenvalue weighted by Gasteiger charge is 2.32. The standard InChI is InChI=1S/C19H21F3N2O/c20-19(21,22)18-11-5-7-15(24-18)13-23-14-6-4-10-17(12-14)25-16-8-2-1-3-9-16/h1-3,5,7-9,11,14,17,23H,4,6,10,12-13H2. The topological polar surface area (TPSA) is 34.1 Å². The van der Waals surface area contributed by atoms with Gasteiger partial charge in [-0.2, -0.15) is 13.2 Å². The summed E-state index contributed by atoms with van der Waals surface area (Å²) >= 11 is 0. The molecule has 2 atom stereocenters. The van der Waals surface area contributed by atoms with Gasteiger partial charge in [0.2, 0.25) is 0 Å². The molecule has 1 aromatic heterocycles. The molecule has 3 nitrogen and oxygen atoms in total. The van der Waals surface area contributed by atoms with Crippen molar-refractivity contribution in [2.24, 2.45) is 0 Å². The zero-order valence-electron chi connectivity index (χ0n) is 13.8. The Morgan fingerprint density at radius 3 is 2.60 bits per heavy atom. The minimum absolute atomic E-state index is 0.128. The van der Waals surface area contributed by atoms with Gasteiger partial charge in [0.25, 0.3) is 0 Å². The number of ether oxygens (including phenoxy) is 1. The summed E-state index contributed by atoms with van der Waals surface area (Å²) < 4.78 is 44.2. The molecular weight excluding hydrogens is 329 g/mol. The van der Waals surface area contributed by atoms with Crippen molar-refractivity contribution in [3.63, 3.8) is 0 Å². The maximum absolute atomic E-state index is 12.7. The minimum atomic E-state index is -4.41. The summed E-state index contributed by atoms with van der Waals surface area (Å²) in [6.07, 6.45) is -0.417. The minimum Gasteiger partial charge on any atom is -0.490 e. The summed E-state index contributed by atoms with van der Waals surface area (Å²) in [6.45, 7) is 0.326. The van der Waals surface area contributed by atoms with Gasteiger partial charge in [0.05, 0.1) is 5.69 Å². The Balaban J connectivity index is 1.53. The highest BCUT2D eigenvalue weighted by molar-refractivity contribution is 5.21. The third-order valence-corrected chi connectivity index (χ3v) is 4.34. The van der Waals surface area contributed by atoms with Gasteiger partial charge >= 0.3 is 6.18 Å². The van der Waals surface area contributed by atoms with Crippen LogP contribution in [0.25, 0.3) is 0 Å². The lowest BCUT2D eigenvalue weighted by atomic mass is 9.92. The first-order valence-corrected chi connectivity index (χ1v) is 8.49. The van der Waals surface area contributed by atoms with Crippen molar-refractivity contribution >= 4 is 0 Å². The number of halogens is 3. The quantitative estimate of drug-likeness (QED) is 0.857. The van der Waals surface area contributed by atoms with E-state index in [-0.39, 0.29) is 12.1 Å². The van der Waals surface area contributed by atoms with E-state index in [1.807, 2.05) is 30.3 Å². The van der Waals surface area contributed by atoms with E-state index >= 15 is 0 Å². The SMILES string of the molecule is FC(F)(F)c1cccc(CNC2CCCC(Oc3ccccc3)C2)n1. The molecule has 0 radical (unpaired) electrons. The van der Waals surface area contributed by atoms with Crippen LogP contribution in [-0.2, 0) is 12.7 Å². The summed E-state index contributed by atoms with van der Waals surface area (Å²) in [5.74, 6) is 0.854. The summed E-state index contributed by atoms with van der Waals surface area (Å²) in [5, 5.41) is 3.32. The molecule has 1 heterocycles. The Hall–Kier alpha value is -2.08. The highest BCUT2D eigenvalue weighted by atomic mass is 19.4. The Kier molecular flexibility index (Phi) is 5.58. The predicted octanol–water partition coefficient (Wildman–Crippen LogP) is 4.58. The van der Waals surface area contributed by atoms with E-state index < -0.39 is 11.9 Å². The molecule has 1 fully saturated rings. The van der Waals surface area contributed by atoms with Gasteiger partial charge in [-0.05, 0) is 49.9 Å². The molecule has 0 aliphatic heterocycles. The fraction of sp³-hybridized carbons (Fsp3) is 0.421. The van der Waals surface area contributed by atoms with Crippen LogP contribution in [0.15, 0.2) is 48.5 Å². The van der Waals surface area contributed by atoms with Crippen molar-refractivity contribution in [2.45, 2.75) is 50.6 Å². The number of para-hydroxylation sites is 1. The second kappa shape index (κ2) is 7.87. The van der Waals surface area contributed by atoms with Gasteiger partial charge in [-0.3, -0.25) is 0 Å². The first-order valence-electron chi connectivity index (χ1n) is 8.49. The van der Waals surface area contributed by atoms with Crippen molar-refractivity contribution in [2.75, 3.05) is 0 Å². The van der Waals surface area contributed by atoms with E-state index in [1.165, 1.54) is 6.07 Å². The summed E-state index contributed by atoms with van der Waals surface area (Å²) in [5.41, 5.74) is -0.443. The molecule has 1 aliphatic carbocycles. The van der Waals surface area contributed by atoms with Crippen LogP contribution in [0.4, 0.5) is 13.2 Å². The maximum atomic E-state index is 12.7. The smallest absolute Gasteiger partial charge is 0.433 e. The van der Waals surface area contributed by atoms with E-state index in [1.54, 1.807) is 6.07 Å². The molecule has 3 rings (SSSR count). The Morgan fingerprint density at radius 2 is 1.84 bits per heavy atom. The number of pyridine rings is 1. The van der Waals surface area contributed by atoms with Crippen LogP contribution >= 0.6 is 0 Å². The number of hydrogen-bond acceptors (Lipinski definition) is 3. The van der Waals surface area contributed by atoms with Crippen LogP contribution in [0.2, 0.25) is 0 Å². The van der Waals surface area contributed by atoms with E-state index in [4.69, 9.17) is 4.74 Å². The normalized spacial score (nSPS) is 21.1. The second-order valence-corrected chi connectivity index (χ2v) is 6.31. The van der Waals surface area contributed by atoms with E-state index in [9.17, 15) is 13.2 Å². The molecule has 0 bridgehead atoms. The Bertz CT molecular complexity index is 676. The molecule has 0 amide bonds. The van der Waals surface area contributed by atoms with Crippen molar-refractivity contribution in [1.29, 1.82) is 0 Å². The number of nitrogens with one attached hydrogen (secondary N) is 1. The molecule has 0 spiro atoms. The van der Waals surface area contributed by atoms with E-state index in [0.29, 0.717) is 12.2 Å². The van der Waals surface area contributed by atoms with Crippen molar-refractivity contribution < 1.29 is 17.9 Å². The molecule has 0 saturated heterocycles.